The molecule has 1 saturated carbocycles. The molecule has 6 heteroatoms. The lowest BCUT2D eigenvalue weighted by Gasteiger charge is -2.37. The van der Waals surface area contributed by atoms with E-state index in [1.54, 1.807) is 21.5 Å². The Morgan fingerprint density at radius 1 is 0.967 bits per heavy atom. The molecule has 1 aliphatic heterocycles. The van der Waals surface area contributed by atoms with Crippen LogP contribution in [0.5, 0.6) is 0 Å². The van der Waals surface area contributed by atoms with Crippen molar-refractivity contribution in [2.75, 3.05) is 6.61 Å². The minimum atomic E-state index is -0.315. The molecular formula is C24H25N3O3. The molecule has 30 heavy (non-hydrogen) atoms. The standard InChI is InChI=1S/C24H25N3O3/c1-2-30-22-16-25-23(28)26(19-11-7-4-8-12-19)24(29)27(25)21-15-18(13-14-20(21)22)17-9-5-3-6-10-17/h3-12,18,21H,2,13-16H2,1H3/t18-,21+/m0/s1. The van der Waals surface area contributed by atoms with Crippen molar-refractivity contribution < 1.29 is 4.74 Å². The topological polar surface area (TPSA) is 58.2 Å². The predicted molar refractivity (Wildman–Crippen MR) is 115 cm³/mol. The first-order valence-electron chi connectivity index (χ1n) is 10.6. The molecule has 0 unspecified atom stereocenters. The second-order valence-corrected chi connectivity index (χ2v) is 7.92. The summed E-state index contributed by atoms with van der Waals surface area (Å²) in [7, 11) is 0. The lowest BCUT2D eigenvalue weighted by Crippen LogP contribution is -2.39. The fraction of sp³-hybridized carbons (Fsp3) is 0.333. The van der Waals surface area contributed by atoms with Crippen LogP contribution in [0.4, 0.5) is 0 Å². The van der Waals surface area contributed by atoms with Crippen LogP contribution in [-0.2, 0) is 11.3 Å². The molecule has 0 spiro atoms. The molecule has 0 radical (unpaired) electrons. The van der Waals surface area contributed by atoms with Crippen molar-refractivity contribution in [3.63, 3.8) is 0 Å². The Bertz CT molecular complexity index is 1200. The van der Waals surface area contributed by atoms with Crippen LogP contribution in [0.1, 0.15) is 43.7 Å². The van der Waals surface area contributed by atoms with E-state index in [1.165, 1.54) is 10.1 Å². The molecule has 5 rings (SSSR count). The Balaban J connectivity index is 1.64. The molecule has 1 fully saturated rings. The zero-order valence-electron chi connectivity index (χ0n) is 17.0. The van der Waals surface area contributed by atoms with Gasteiger partial charge in [0.1, 0.15) is 12.3 Å². The van der Waals surface area contributed by atoms with E-state index in [2.05, 4.69) is 24.3 Å². The molecular weight excluding hydrogens is 378 g/mol. The number of para-hydroxylation sites is 1. The lowest BCUT2D eigenvalue weighted by molar-refractivity contribution is 0.168. The number of hydrogen-bond donors (Lipinski definition) is 0. The largest absolute Gasteiger partial charge is 0.496 e. The van der Waals surface area contributed by atoms with Gasteiger partial charge < -0.3 is 4.74 Å². The highest BCUT2D eigenvalue weighted by Gasteiger charge is 2.38. The molecule has 154 valence electrons. The molecule has 2 aromatic carbocycles. The minimum absolute atomic E-state index is 0.163. The second kappa shape index (κ2) is 7.52. The van der Waals surface area contributed by atoms with Crippen molar-refractivity contribution in [1.82, 2.24) is 13.9 Å². The highest BCUT2D eigenvalue weighted by atomic mass is 16.5. The fourth-order valence-corrected chi connectivity index (χ4v) is 4.92. The molecule has 0 saturated heterocycles. The number of benzene rings is 2. The summed E-state index contributed by atoms with van der Waals surface area (Å²) in [6.07, 6.45) is 2.68. The first-order chi connectivity index (χ1) is 14.7. The molecule has 6 nitrogen and oxygen atoms in total. The van der Waals surface area contributed by atoms with Crippen molar-refractivity contribution in [2.24, 2.45) is 0 Å². The molecule has 0 N–H and O–H groups in total. The monoisotopic (exact) mass is 403 g/mol. The molecule has 1 aliphatic carbocycles. The highest BCUT2D eigenvalue weighted by Crippen LogP contribution is 2.44. The van der Waals surface area contributed by atoms with Crippen LogP contribution in [0.3, 0.4) is 0 Å². The number of allylic oxidation sites excluding steroid dienone is 2. The second-order valence-electron chi connectivity index (χ2n) is 7.92. The lowest BCUT2D eigenvalue weighted by atomic mass is 9.77. The number of rotatable bonds is 4. The zero-order chi connectivity index (χ0) is 20.7. The Morgan fingerprint density at radius 2 is 1.67 bits per heavy atom. The van der Waals surface area contributed by atoms with Gasteiger partial charge in [-0.05, 0) is 55.4 Å². The van der Waals surface area contributed by atoms with Gasteiger partial charge in [-0.2, -0.15) is 0 Å². The number of hydrogen-bond acceptors (Lipinski definition) is 3. The van der Waals surface area contributed by atoms with Gasteiger partial charge in [-0.25, -0.2) is 23.5 Å². The summed E-state index contributed by atoms with van der Waals surface area (Å²) < 4.78 is 10.5. The van der Waals surface area contributed by atoms with Crippen LogP contribution in [0.25, 0.3) is 5.69 Å². The first-order valence-corrected chi connectivity index (χ1v) is 10.6. The van der Waals surface area contributed by atoms with Crippen LogP contribution < -0.4 is 11.4 Å². The average molecular weight is 403 g/mol. The molecule has 0 bridgehead atoms. The molecule has 2 aliphatic rings. The van der Waals surface area contributed by atoms with E-state index >= 15 is 0 Å². The van der Waals surface area contributed by atoms with Crippen LogP contribution in [-0.4, -0.2) is 20.5 Å². The van der Waals surface area contributed by atoms with E-state index in [9.17, 15) is 9.59 Å². The number of ether oxygens (including phenoxy) is 1. The Labute approximate surface area is 174 Å². The normalized spacial score (nSPS) is 20.6. The van der Waals surface area contributed by atoms with Crippen LogP contribution in [0, 0.1) is 0 Å². The first kappa shape index (κ1) is 18.7. The summed E-state index contributed by atoms with van der Waals surface area (Å²) in [4.78, 5) is 26.7. The molecule has 3 aromatic rings. The summed E-state index contributed by atoms with van der Waals surface area (Å²) in [5, 5.41) is 0. The van der Waals surface area contributed by atoms with Crippen LogP contribution in [0.15, 0.2) is 81.6 Å². The quantitative estimate of drug-likeness (QED) is 0.669. The van der Waals surface area contributed by atoms with Gasteiger partial charge in [-0.1, -0.05) is 48.5 Å². The van der Waals surface area contributed by atoms with E-state index in [4.69, 9.17) is 4.74 Å². The third kappa shape index (κ3) is 2.95. The van der Waals surface area contributed by atoms with Crippen LogP contribution >= 0.6 is 0 Å². The minimum Gasteiger partial charge on any atom is -0.496 e. The van der Waals surface area contributed by atoms with Crippen LogP contribution in [0.2, 0.25) is 0 Å². The Hall–Kier alpha value is -3.28. The highest BCUT2D eigenvalue weighted by molar-refractivity contribution is 5.32. The van der Waals surface area contributed by atoms with E-state index in [1.807, 2.05) is 31.2 Å². The number of nitrogens with zero attached hydrogens (tertiary/aromatic N) is 3. The van der Waals surface area contributed by atoms with Gasteiger partial charge in [0.2, 0.25) is 0 Å². The van der Waals surface area contributed by atoms with E-state index in [-0.39, 0.29) is 17.4 Å². The van der Waals surface area contributed by atoms with Gasteiger partial charge in [0.15, 0.2) is 0 Å². The summed E-state index contributed by atoms with van der Waals surface area (Å²) >= 11 is 0. The van der Waals surface area contributed by atoms with Crippen molar-refractivity contribution >= 4 is 0 Å². The third-order valence-electron chi connectivity index (χ3n) is 6.28. The molecule has 2 heterocycles. The predicted octanol–water partition coefficient (Wildman–Crippen LogP) is 3.61. The van der Waals surface area contributed by atoms with Gasteiger partial charge in [0.25, 0.3) is 0 Å². The zero-order valence-corrected chi connectivity index (χ0v) is 17.0. The van der Waals surface area contributed by atoms with Gasteiger partial charge in [-0.3, -0.25) is 0 Å². The smallest absolute Gasteiger partial charge is 0.352 e. The SMILES string of the molecule is CCOC1=C2CC[C@H](c3ccccc3)C[C@H]2n2c(=O)n(-c3ccccc3)c(=O)n2C1. The van der Waals surface area contributed by atoms with Gasteiger partial charge >= 0.3 is 11.4 Å². The van der Waals surface area contributed by atoms with Gasteiger partial charge in [0, 0.05) is 0 Å². The Kier molecular flexibility index (Phi) is 4.69. The summed E-state index contributed by atoms with van der Waals surface area (Å²) in [6.45, 7) is 2.81. The number of aromatic nitrogens is 3. The fourth-order valence-electron chi connectivity index (χ4n) is 4.92. The third-order valence-corrected chi connectivity index (χ3v) is 6.28. The Morgan fingerprint density at radius 3 is 2.37 bits per heavy atom. The van der Waals surface area contributed by atoms with Crippen molar-refractivity contribution in [3.05, 3.63) is 98.5 Å². The van der Waals surface area contributed by atoms with Gasteiger partial charge in [-0.15, -0.1) is 0 Å². The molecule has 2 atom stereocenters. The maximum Gasteiger partial charge on any atom is 0.352 e. The van der Waals surface area contributed by atoms with Crippen molar-refractivity contribution in [3.8, 4) is 5.69 Å². The van der Waals surface area contributed by atoms with E-state index in [0.29, 0.717) is 24.8 Å². The van der Waals surface area contributed by atoms with E-state index < -0.39 is 0 Å². The summed E-state index contributed by atoms with van der Waals surface area (Å²) in [5.41, 5.74) is 2.44. The molecule has 0 amide bonds. The summed E-state index contributed by atoms with van der Waals surface area (Å²) in [5.74, 6) is 1.19. The maximum atomic E-state index is 13.4. The molecule has 1 aromatic heterocycles. The van der Waals surface area contributed by atoms with E-state index in [0.717, 1.165) is 30.6 Å². The van der Waals surface area contributed by atoms with Gasteiger partial charge in [0.05, 0.1) is 18.3 Å². The maximum absolute atomic E-state index is 13.4. The summed E-state index contributed by atoms with van der Waals surface area (Å²) in [6, 6.07) is 19.4. The number of fused-ring (bicyclic) bond motifs is 3. The van der Waals surface area contributed by atoms with Crippen molar-refractivity contribution in [2.45, 2.75) is 44.7 Å². The average Bonchev–Trinajstić information content (AvgIpc) is 3.04. The van der Waals surface area contributed by atoms with Crippen molar-refractivity contribution in [1.29, 1.82) is 0 Å².